The van der Waals surface area contributed by atoms with E-state index in [-0.39, 0.29) is 46.9 Å². The number of alkyl halides is 6. The van der Waals surface area contributed by atoms with Crippen LogP contribution in [0.4, 0.5) is 36.8 Å². The quantitative estimate of drug-likeness (QED) is 0.338. The normalized spacial score (nSPS) is 19.7. The molecule has 2 atom stereocenters. The Bertz CT molecular complexity index is 1400. The number of amides is 4. The highest BCUT2D eigenvalue weighted by Gasteiger charge is 2.43. The van der Waals surface area contributed by atoms with E-state index in [0.717, 1.165) is 11.9 Å². The first-order valence-electron chi connectivity index (χ1n) is 13.7. The molecule has 2 aromatic carbocycles. The van der Waals surface area contributed by atoms with Gasteiger partial charge in [0.25, 0.3) is 0 Å². The Kier molecular flexibility index (Phi) is 9.70. The van der Waals surface area contributed by atoms with Crippen molar-refractivity contribution >= 4 is 46.7 Å². The van der Waals surface area contributed by atoms with Gasteiger partial charge in [0.15, 0.2) is 0 Å². The minimum atomic E-state index is -5.09. The zero-order chi connectivity index (χ0) is 32.7. The lowest BCUT2D eigenvalue weighted by atomic mass is 9.93. The summed E-state index contributed by atoms with van der Waals surface area (Å²) in [5.41, 5.74) is -3.05. The fraction of sp³-hybridized carbons (Fsp3) is 0.483. The van der Waals surface area contributed by atoms with Crippen molar-refractivity contribution in [2.75, 3.05) is 45.2 Å². The molecule has 4 rings (SSSR count). The van der Waals surface area contributed by atoms with E-state index in [4.69, 9.17) is 23.2 Å². The lowest BCUT2D eigenvalue weighted by Gasteiger charge is -2.34. The summed E-state index contributed by atoms with van der Waals surface area (Å²) in [4.78, 5) is 44.1. The van der Waals surface area contributed by atoms with Crippen LogP contribution in [-0.4, -0.2) is 78.9 Å². The van der Waals surface area contributed by atoms with Crippen LogP contribution < -0.4 is 4.90 Å². The van der Waals surface area contributed by atoms with Gasteiger partial charge in [-0.15, -0.1) is 0 Å². The minimum absolute atomic E-state index is 0.00675. The van der Waals surface area contributed by atoms with Crippen molar-refractivity contribution < 1.29 is 40.7 Å². The van der Waals surface area contributed by atoms with Gasteiger partial charge in [0.2, 0.25) is 11.8 Å². The zero-order valence-electron chi connectivity index (χ0n) is 24.0. The Morgan fingerprint density at radius 2 is 1.39 bits per heavy atom. The van der Waals surface area contributed by atoms with Crippen molar-refractivity contribution in [3.63, 3.8) is 0 Å². The van der Waals surface area contributed by atoms with Crippen molar-refractivity contribution in [2.24, 2.45) is 5.92 Å². The minimum Gasteiger partial charge on any atom is -0.343 e. The fourth-order valence-electron chi connectivity index (χ4n) is 5.75. The Balaban J connectivity index is 1.63. The molecule has 2 aliphatic rings. The molecule has 0 radical (unpaired) electrons. The maximum absolute atomic E-state index is 13.6. The Labute approximate surface area is 260 Å². The molecule has 0 spiro atoms. The van der Waals surface area contributed by atoms with E-state index in [2.05, 4.69) is 0 Å². The van der Waals surface area contributed by atoms with Crippen molar-refractivity contribution in [3.05, 3.63) is 63.1 Å². The van der Waals surface area contributed by atoms with Gasteiger partial charge in [-0.3, -0.25) is 14.5 Å². The topological polar surface area (TPSA) is 64.2 Å². The third kappa shape index (κ3) is 7.20. The molecular formula is C29H30Cl2F6N4O3. The van der Waals surface area contributed by atoms with Crippen LogP contribution >= 0.6 is 23.2 Å². The highest BCUT2D eigenvalue weighted by Crippen LogP contribution is 2.40. The van der Waals surface area contributed by atoms with Gasteiger partial charge >= 0.3 is 18.4 Å². The van der Waals surface area contributed by atoms with Crippen LogP contribution in [0.5, 0.6) is 0 Å². The molecule has 0 aliphatic carbocycles. The molecule has 15 heteroatoms. The number of nitrogens with zero attached hydrogens (tertiary/aromatic N) is 4. The molecule has 7 nitrogen and oxygen atoms in total. The molecule has 4 amide bonds. The van der Waals surface area contributed by atoms with E-state index in [1.54, 1.807) is 28.0 Å². The first-order chi connectivity index (χ1) is 20.4. The van der Waals surface area contributed by atoms with Gasteiger partial charge in [0, 0.05) is 64.7 Å². The molecule has 0 aromatic heterocycles. The van der Waals surface area contributed by atoms with Crippen molar-refractivity contribution in [2.45, 2.75) is 44.1 Å². The Morgan fingerprint density at radius 1 is 0.818 bits per heavy atom. The molecule has 240 valence electrons. The molecule has 0 unspecified atom stereocenters. The maximum Gasteiger partial charge on any atom is 0.416 e. The van der Waals surface area contributed by atoms with Gasteiger partial charge in [0.1, 0.15) is 0 Å². The van der Waals surface area contributed by atoms with E-state index in [1.807, 2.05) is 0 Å². The second-order valence-corrected chi connectivity index (χ2v) is 11.9. The highest BCUT2D eigenvalue weighted by molar-refractivity contribution is 6.42. The number of hydrogen-bond donors (Lipinski definition) is 0. The van der Waals surface area contributed by atoms with Gasteiger partial charge in [0.05, 0.1) is 27.2 Å². The van der Waals surface area contributed by atoms with Gasteiger partial charge in [-0.05, 0) is 48.7 Å². The van der Waals surface area contributed by atoms with Gasteiger partial charge in [-0.1, -0.05) is 29.3 Å². The number of likely N-dealkylation sites (N-methyl/N-ethyl adjacent to an activating group) is 1. The number of halogens is 8. The first-order valence-corrected chi connectivity index (χ1v) is 14.4. The predicted molar refractivity (Wildman–Crippen MR) is 153 cm³/mol. The third-order valence-corrected chi connectivity index (χ3v) is 9.05. The number of piperidine rings is 1. The van der Waals surface area contributed by atoms with E-state index >= 15 is 0 Å². The SMILES string of the molecule is CC(=O)N1CCC(C(=O)N2C[C@@H](N(C)C(=O)N(C)c3cc(C(F)(F)F)cc(C(F)(F)F)c3)[C@H](c3ccc(Cl)c(Cl)c3)C2)CC1. The molecule has 2 fully saturated rings. The standard InChI is InChI=1S/C29H30Cl2F6N4O3/c1-16(42)40-8-6-17(7-9-40)26(43)41-14-22(18-4-5-23(30)24(31)10-18)25(15-41)39(3)27(44)38(2)21-12-19(28(32,33)34)11-20(13-21)29(35,36)37/h4-5,10-13,17,22,25H,6-9,14-15H2,1-3H3/t22-,25+/m0/s1. The number of benzene rings is 2. The predicted octanol–water partition coefficient (Wildman–Crippen LogP) is 6.77. The Hall–Kier alpha value is -3.19. The largest absolute Gasteiger partial charge is 0.416 e. The van der Waals surface area contributed by atoms with Gasteiger partial charge in [-0.2, -0.15) is 26.3 Å². The lowest BCUT2D eigenvalue weighted by molar-refractivity contribution is -0.143. The van der Waals surface area contributed by atoms with E-state index in [9.17, 15) is 40.7 Å². The smallest absolute Gasteiger partial charge is 0.343 e. The molecule has 0 N–H and O–H groups in total. The van der Waals surface area contributed by atoms with E-state index in [1.165, 1.54) is 18.9 Å². The third-order valence-electron chi connectivity index (χ3n) is 8.31. The fourth-order valence-corrected chi connectivity index (χ4v) is 6.06. The molecule has 0 bridgehead atoms. The van der Waals surface area contributed by atoms with Crippen LogP contribution in [0.2, 0.25) is 10.0 Å². The molecule has 2 heterocycles. The number of hydrogen-bond acceptors (Lipinski definition) is 3. The van der Waals surface area contributed by atoms with Gasteiger partial charge < -0.3 is 14.7 Å². The second-order valence-electron chi connectivity index (χ2n) is 11.1. The van der Waals surface area contributed by atoms with Crippen LogP contribution in [0.15, 0.2) is 36.4 Å². The van der Waals surface area contributed by atoms with Crippen LogP contribution in [0.1, 0.15) is 42.4 Å². The lowest BCUT2D eigenvalue weighted by Crippen LogP contribution is -2.48. The monoisotopic (exact) mass is 666 g/mol. The Morgan fingerprint density at radius 3 is 1.89 bits per heavy atom. The summed E-state index contributed by atoms with van der Waals surface area (Å²) in [5.74, 6) is -1.10. The summed E-state index contributed by atoms with van der Waals surface area (Å²) in [6.45, 7) is 2.56. The average Bonchev–Trinajstić information content (AvgIpc) is 3.41. The van der Waals surface area contributed by atoms with E-state index in [0.29, 0.717) is 43.6 Å². The molecule has 0 saturated carbocycles. The molecule has 2 saturated heterocycles. The van der Waals surface area contributed by atoms with Crippen LogP contribution in [0.3, 0.4) is 0 Å². The van der Waals surface area contributed by atoms with Crippen molar-refractivity contribution in [3.8, 4) is 0 Å². The number of carbonyl (C=O) groups is 3. The summed E-state index contributed by atoms with van der Waals surface area (Å²) < 4.78 is 80.9. The molecule has 2 aliphatic heterocycles. The molecule has 44 heavy (non-hydrogen) atoms. The van der Waals surface area contributed by atoms with Crippen LogP contribution in [-0.2, 0) is 21.9 Å². The number of anilines is 1. The summed E-state index contributed by atoms with van der Waals surface area (Å²) in [5, 5.41) is 0.517. The number of carbonyl (C=O) groups excluding carboxylic acids is 3. The average molecular weight is 667 g/mol. The van der Waals surface area contributed by atoms with Crippen LogP contribution in [0.25, 0.3) is 0 Å². The molecule has 2 aromatic rings. The molecular weight excluding hydrogens is 637 g/mol. The van der Waals surface area contributed by atoms with Crippen molar-refractivity contribution in [1.82, 2.24) is 14.7 Å². The van der Waals surface area contributed by atoms with Crippen LogP contribution in [0, 0.1) is 5.92 Å². The highest BCUT2D eigenvalue weighted by atomic mass is 35.5. The van der Waals surface area contributed by atoms with Crippen molar-refractivity contribution in [1.29, 1.82) is 0 Å². The summed E-state index contributed by atoms with van der Waals surface area (Å²) in [6, 6.07) is 4.22. The summed E-state index contributed by atoms with van der Waals surface area (Å²) in [7, 11) is 2.47. The second kappa shape index (κ2) is 12.7. The zero-order valence-corrected chi connectivity index (χ0v) is 25.5. The number of rotatable bonds is 4. The maximum atomic E-state index is 13.6. The van der Waals surface area contributed by atoms with Gasteiger partial charge in [-0.25, -0.2) is 4.79 Å². The first kappa shape index (κ1) is 33.7. The number of urea groups is 1. The summed E-state index contributed by atoms with van der Waals surface area (Å²) in [6.07, 6.45) is -9.24. The van der Waals surface area contributed by atoms with E-state index < -0.39 is 47.2 Å². The number of likely N-dealkylation sites (tertiary alicyclic amines) is 2. The summed E-state index contributed by atoms with van der Waals surface area (Å²) >= 11 is 12.4.